The Bertz CT molecular complexity index is 1300. The second kappa shape index (κ2) is 9.80. The Morgan fingerprint density at radius 1 is 1.00 bits per heavy atom. The number of nitrogens with zero attached hydrogens (tertiary/aromatic N) is 1. The van der Waals surface area contributed by atoms with Crippen molar-refractivity contribution in [3.05, 3.63) is 70.5 Å². The van der Waals surface area contributed by atoms with Crippen LogP contribution in [0.3, 0.4) is 0 Å². The lowest BCUT2D eigenvalue weighted by atomic mass is 9.63. The van der Waals surface area contributed by atoms with Gasteiger partial charge in [0.15, 0.2) is 5.67 Å². The van der Waals surface area contributed by atoms with E-state index in [9.17, 15) is 36.6 Å². The van der Waals surface area contributed by atoms with E-state index in [1.165, 1.54) is 29.2 Å². The van der Waals surface area contributed by atoms with E-state index in [1.54, 1.807) is 12.1 Å². The number of carbonyl (C=O) groups is 2. The molecule has 2 fully saturated rings. The van der Waals surface area contributed by atoms with E-state index in [1.807, 2.05) is 0 Å². The maximum Gasteiger partial charge on any atom is 0.426 e. The number of likely N-dealkylation sites (tertiary alicyclic amines) is 1. The molecular formula is C30H31F6NO3. The topological polar surface area (TPSA) is 57.6 Å². The van der Waals surface area contributed by atoms with Gasteiger partial charge >= 0.3 is 12.1 Å². The fraction of sp³-hybridized carbons (Fsp3) is 0.533. The predicted molar refractivity (Wildman–Crippen MR) is 135 cm³/mol. The average Bonchev–Trinajstić information content (AvgIpc) is 3.28. The third-order valence-corrected chi connectivity index (χ3v) is 9.42. The minimum absolute atomic E-state index is 0.0591. The number of carboxylic acid groups (broad SMARTS) is 1. The van der Waals surface area contributed by atoms with Crippen LogP contribution in [0.4, 0.5) is 26.3 Å². The van der Waals surface area contributed by atoms with Crippen molar-refractivity contribution in [3.63, 3.8) is 0 Å². The SMILES string of the molecule is CC(F)(c1ccc2c(c1)CC[C@H]1N(C(=O)C3(F)CCC(C(=O)O)CC3)CC[C@@]21Cc1ccc(F)cc1)C(F)(F)F. The first-order chi connectivity index (χ1) is 18.7. The van der Waals surface area contributed by atoms with Crippen molar-refractivity contribution in [2.24, 2.45) is 5.92 Å². The number of alkyl halides is 5. The average molecular weight is 568 g/mol. The standard InChI is InChI=1S/C30H31F6NO3/c1-27(32,30(34,35)36)21-5-8-23-20(16-21)4-9-24-28(23,17-18-2-6-22(31)7-3-18)14-15-37(24)26(40)29(33)12-10-19(11-13-29)25(38)39/h2-3,5-8,16,19,24H,4,9-15,17H2,1H3,(H,38,39)/t19?,24-,27?,28-,29?/m1/s1. The van der Waals surface area contributed by atoms with Crippen molar-refractivity contribution in [2.45, 2.75) is 87.3 Å². The zero-order valence-electron chi connectivity index (χ0n) is 22.0. The van der Waals surface area contributed by atoms with Crippen LogP contribution in [-0.4, -0.2) is 46.3 Å². The summed E-state index contributed by atoms with van der Waals surface area (Å²) in [6.07, 6.45) is -4.02. The van der Waals surface area contributed by atoms with Crippen molar-refractivity contribution in [2.75, 3.05) is 6.54 Å². The Labute approximate surface area is 228 Å². The summed E-state index contributed by atoms with van der Waals surface area (Å²) in [4.78, 5) is 26.6. The molecule has 1 heterocycles. The summed E-state index contributed by atoms with van der Waals surface area (Å²) >= 11 is 0. The van der Waals surface area contributed by atoms with Crippen LogP contribution in [-0.2, 0) is 33.5 Å². The highest BCUT2D eigenvalue weighted by Gasteiger charge is 2.57. The zero-order valence-corrected chi connectivity index (χ0v) is 22.0. The smallest absolute Gasteiger partial charge is 0.426 e. The molecule has 216 valence electrons. The van der Waals surface area contributed by atoms with E-state index >= 15 is 4.39 Å². The summed E-state index contributed by atoms with van der Waals surface area (Å²) < 4.78 is 84.9. The van der Waals surface area contributed by atoms with Gasteiger partial charge in [-0.15, -0.1) is 0 Å². The maximum atomic E-state index is 16.0. The predicted octanol–water partition coefficient (Wildman–Crippen LogP) is 6.58. The molecule has 0 spiro atoms. The fourth-order valence-electron chi connectivity index (χ4n) is 7.03. The van der Waals surface area contributed by atoms with E-state index in [4.69, 9.17) is 0 Å². The molecule has 2 aliphatic carbocycles. The van der Waals surface area contributed by atoms with Gasteiger partial charge in [0.25, 0.3) is 5.91 Å². The lowest BCUT2D eigenvalue weighted by Gasteiger charge is -2.45. The van der Waals surface area contributed by atoms with E-state index in [2.05, 4.69) is 0 Å². The number of halogens is 6. The van der Waals surface area contributed by atoms with Crippen LogP contribution in [0.5, 0.6) is 0 Å². The second-order valence-corrected chi connectivity index (χ2v) is 11.7. The number of aryl methyl sites for hydroxylation is 1. The van der Waals surface area contributed by atoms with Gasteiger partial charge in [0.2, 0.25) is 5.67 Å². The van der Waals surface area contributed by atoms with Crippen LogP contribution in [0.25, 0.3) is 0 Å². The molecule has 5 rings (SSSR count). The third-order valence-electron chi connectivity index (χ3n) is 9.42. The Kier molecular flexibility index (Phi) is 6.98. The Hall–Kier alpha value is -3.04. The number of amides is 1. The van der Waals surface area contributed by atoms with E-state index < -0.39 is 58.1 Å². The highest BCUT2D eigenvalue weighted by atomic mass is 19.4. The molecule has 2 aromatic carbocycles. The quantitative estimate of drug-likeness (QED) is 0.415. The van der Waals surface area contributed by atoms with Crippen LogP contribution in [0, 0.1) is 11.7 Å². The van der Waals surface area contributed by atoms with Crippen LogP contribution in [0.15, 0.2) is 42.5 Å². The summed E-state index contributed by atoms with van der Waals surface area (Å²) in [6.45, 7) is 0.702. The maximum absolute atomic E-state index is 16.0. The number of hydrogen-bond acceptors (Lipinski definition) is 2. The Balaban J connectivity index is 1.52. The number of carbonyl (C=O) groups excluding carboxylic acids is 1. The van der Waals surface area contributed by atoms with Crippen molar-refractivity contribution < 1.29 is 41.0 Å². The number of benzene rings is 2. The summed E-state index contributed by atoms with van der Waals surface area (Å²) in [7, 11) is 0. The minimum atomic E-state index is -5.10. The highest BCUT2D eigenvalue weighted by molar-refractivity contribution is 5.86. The molecule has 4 nitrogen and oxygen atoms in total. The fourth-order valence-corrected chi connectivity index (χ4v) is 7.03. The molecule has 1 saturated carbocycles. The van der Waals surface area contributed by atoms with E-state index in [-0.39, 0.29) is 38.6 Å². The molecule has 1 aliphatic heterocycles. The molecule has 0 radical (unpaired) electrons. The number of aliphatic carboxylic acids is 1. The number of fused-ring (bicyclic) bond motifs is 3. The summed E-state index contributed by atoms with van der Waals surface area (Å²) in [6, 6.07) is 9.24. The molecule has 40 heavy (non-hydrogen) atoms. The van der Waals surface area contributed by atoms with Gasteiger partial charge in [-0.25, -0.2) is 13.2 Å². The Morgan fingerprint density at radius 3 is 2.25 bits per heavy atom. The van der Waals surface area contributed by atoms with Gasteiger partial charge in [-0.1, -0.05) is 30.3 Å². The summed E-state index contributed by atoms with van der Waals surface area (Å²) in [5, 5.41) is 9.28. The highest BCUT2D eigenvalue weighted by Crippen LogP contribution is 2.52. The van der Waals surface area contributed by atoms with Crippen LogP contribution < -0.4 is 0 Å². The summed E-state index contributed by atoms with van der Waals surface area (Å²) in [5.41, 5.74) is -5.04. The van der Waals surface area contributed by atoms with Crippen molar-refractivity contribution >= 4 is 11.9 Å². The number of rotatable bonds is 5. The third kappa shape index (κ3) is 4.67. The first kappa shape index (κ1) is 28.5. The van der Waals surface area contributed by atoms with Crippen LogP contribution >= 0.6 is 0 Å². The van der Waals surface area contributed by atoms with Crippen molar-refractivity contribution in [1.29, 1.82) is 0 Å². The van der Waals surface area contributed by atoms with Crippen molar-refractivity contribution in [1.82, 2.24) is 4.90 Å². The Morgan fingerprint density at radius 2 is 1.65 bits per heavy atom. The number of carboxylic acids is 1. The molecule has 0 bridgehead atoms. The van der Waals surface area contributed by atoms with Crippen molar-refractivity contribution in [3.8, 4) is 0 Å². The molecule has 0 aromatic heterocycles. The van der Waals surface area contributed by atoms with Gasteiger partial charge in [-0.3, -0.25) is 9.59 Å². The van der Waals surface area contributed by atoms with E-state index in [0.29, 0.717) is 37.3 Å². The van der Waals surface area contributed by atoms with Gasteiger partial charge in [-0.05, 0) is 92.7 Å². The van der Waals surface area contributed by atoms with Crippen LogP contribution in [0.2, 0.25) is 0 Å². The van der Waals surface area contributed by atoms with Gasteiger partial charge in [0, 0.05) is 18.0 Å². The second-order valence-electron chi connectivity index (χ2n) is 11.7. The molecule has 2 aromatic rings. The number of hydrogen-bond donors (Lipinski definition) is 1. The van der Waals surface area contributed by atoms with Gasteiger partial charge in [-0.2, -0.15) is 13.2 Å². The van der Waals surface area contributed by atoms with Gasteiger partial charge in [0.1, 0.15) is 5.82 Å². The lowest BCUT2D eigenvalue weighted by Crippen LogP contribution is -2.55. The van der Waals surface area contributed by atoms with Gasteiger partial charge < -0.3 is 10.0 Å². The van der Waals surface area contributed by atoms with Gasteiger partial charge in [0.05, 0.1) is 5.92 Å². The molecule has 1 N–H and O–H groups in total. The molecular weight excluding hydrogens is 536 g/mol. The first-order valence-electron chi connectivity index (χ1n) is 13.5. The largest absolute Gasteiger partial charge is 0.481 e. The van der Waals surface area contributed by atoms with Crippen LogP contribution in [0.1, 0.15) is 67.7 Å². The molecule has 1 unspecified atom stereocenters. The molecule has 1 amide bonds. The minimum Gasteiger partial charge on any atom is -0.481 e. The first-order valence-corrected chi connectivity index (χ1v) is 13.5. The summed E-state index contributed by atoms with van der Waals surface area (Å²) in [5.74, 6) is -2.81. The monoisotopic (exact) mass is 567 g/mol. The normalized spacial score (nSPS) is 29.8. The molecule has 1 saturated heterocycles. The lowest BCUT2D eigenvalue weighted by molar-refractivity contribution is -0.228. The van der Waals surface area contributed by atoms with E-state index in [0.717, 1.165) is 11.6 Å². The molecule has 3 atom stereocenters. The zero-order chi connectivity index (χ0) is 29.1. The molecule has 3 aliphatic rings. The molecule has 10 heteroatoms.